The van der Waals surface area contributed by atoms with E-state index in [1.54, 1.807) is 11.3 Å². The quantitative estimate of drug-likeness (QED) is 0.563. The first-order valence-electron chi connectivity index (χ1n) is 9.10. The van der Waals surface area contributed by atoms with Crippen molar-refractivity contribution in [1.29, 1.82) is 0 Å². The van der Waals surface area contributed by atoms with Crippen LogP contribution in [0.25, 0.3) is 10.7 Å². The first-order valence-corrected chi connectivity index (χ1v) is 11.0. The molecule has 3 aromatic rings. The lowest BCUT2D eigenvalue weighted by molar-refractivity contribution is -0.119. The van der Waals surface area contributed by atoms with Crippen LogP contribution in [0.2, 0.25) is 0 Å². The van der Waals surface area contributed by atoms with Gasteiger partial charge < -0.3 is 9.88 Å². The highest BCUT2D eigenvalue weighted by molar-refractivity contribution is 7.99. The van der Waals surface area contributed by atoms with Gasteiger partial charge >= 0.3 is 0 Å². The van der Waals surface area contributed by atoms with Gasteiger partial charge in [0.1, 0.15) is 0 Å². The van der Waals surface area contributed by atoms with E-state index in [4.69, 9.17) is 0 Å². The molecule has 0 aliphatic rings. The molecule has 0 bridgehead atoms. The fourth-order valence-corrected chi connectivity index (χ4v) is 4.34. The number of benzene rings is 1. The topological polar surface area (TPSA) is 59.8 Å². The highest BCUT2D eigenvalue weighted by Gasteiger charge is 2.16. The second-order valence-electron chi connectivity index (χ2n) is 6.20. The molecule has 7 heteroatoms. The molecule has 2 heterocycles. The molecule has 27 heavy (non-hydrogen) atoms. The summed E-state index contributed by atoms with van der Waals surface area (Å²) in [6, 6.07) is 12.4. The van der Waals surface area contributed by atoms with Gasteiger partial charge in [-0.3, -0.25) is 4.79 Å². The number of aromatic nitrogens is 3. The molecular weight excluding hydrogens is 376 g/mol. The molecule has 1 aromatic carbocycles. The van der Waals surface area contributed by atoms with Gasteiger partial charge in [0, 0.05) is 6.54 Å². The van der Waals surface area contributed by atoms with Crippen molar-refractivity contribution in [1.82, 2.24) is 20.1 Å². The number of nitrogens with zero attached hydrogens (tertiary/aromatic N) is 3. The smallest absolute Gasteiger partial charge is 0.230 e. The van der Waals surface area contributed by atoms with E-state index in [1.807, 2.05) is 24.4 Å². The largest absolute Gasteiger partial charge is 0.349 e. The third-order valence-corrected chi connectivity index (χ3v) is 6.21. The number of thiophene rings is 1. The Hall–Kier alpha value is -2.12. The van der Waals surface area contributed by atoms with E-state index in [9.17, 15) is 4.79 Å². The molecule has 0 saturated heterocycles. The van der Waals surface area contributed by atoms with Crippen molar-refractivity contribution in [2.45, 2.75) is 44.9 Å². The number of hydrogen-bond acceptors (Lipinski definition) is 5. The van der Waals surface area contributed by atoms with Crippen LogP contribution in [0.1, 0.15) is 37.9 Å². The van der Waals surface area contributed by atoms with Gasteiger partial charge in [-0.15, -0.1) is 21.5 Å². The molecule has 0 saturated carbocycles. The summed E-state index contributed by atoms with van der Waals surface area (Å²) >= 11 is 3.06. The summed E-state index contributed by atoms with van der Waals surface area (Å²) in [5, 5.41) is 14.4. The van der Waals surface area contributed by atoms with E-state index >= 15 is 0 Å². The van der Waals surface area contributed by atoms with Crippen molar-refractivity contribution in [3.63, 3.8) is 0 Å². The molecule has 2 aromatic heterocycles. The molecule has 142 valence electrons. The highest BCUT2D eigenvalue weighted by Crippen LogP contribution is 2.27. The van der Waals surface area contributed by atoms with Gasteiger partial charge in [-0.2, -0.15) is 0 Å². The maximum absolute atomic E-state index is 12.4. The lowest BCUT2D eigenvalue weighted by Crippen LogP contribution is -2.28. The molecule has 0 spiro atoms. The molecule has 0 radical (unpaired) electrons. The van der Waals surface area contributed by atoms with Gasteiger partial charge in [0.15, 0.2) is 11.0 Å². The normalized spacial score (nSPS) is 12.1. The van der Waals surface area contributed by atoms with Crippen molar-refractivity contribution >= 4 is 29.0 Å². The first-order chi connectivity index (χ1) is 13.1. The van der Waals surface area contributed by atoms with E-state index in [-0.39, 0.29) is 11.9 Å². The summed E-state index contributed by atoms with van der Waals surface area (Å²) in [7, 11) is 0. The molecular formula is C20H24N4OS2. The van der Waals surface area contributed by atoms with Crippen LogP contribution in [0.5, 0.6) is 0 Å². The Morgan fingerprint density at radius 1 is 1.22 bits per heavy atom. The van der Waals surface area contributed by atoms with Gasteiger partial charge in [0.05, 0.1) is 16.7 Å². The van der Waals surface area contributed by atoms with Crippen molar-refractivity contribution in [3.8, 4) is 10.7 Å². The van der Waals surface area contributed by atoms with Crippen LogP contribution in [0.3, 0.4) is 0 Å². The van der Waals surface area contributed by atoms with Crippen LogP contribution in [0, 0.1) is 0 Å². The number of hydrogen-bond donors (Lipinski definition) is 1. The Morgan fingerprint density at radius 2 is 2.00 bits per heavy atom. The van der Waals surface area contributed by atoms with Crippen LogP contribution in [0.4, 0.5) is 0 Å². The summed E-state index contributed by atoms with van der Waals surface area (Å²) in [6.07, 6.45) is 1.02. The van der Waals surface area contributed by atoms with Crippen molar-refractivity contribution < 1.29 is 4.79 Å². The average Bonchev–Trinajstić information content (AvgIpc) is 3.35. The Kier molecular flexibility index (Phi) is 6.68. The fourth-order valence-electron chi connectivity index (χ4n) is 2.81. The number of aryl methyl sites for hydroxylation is 1. The first kappa shape index (κ1) is 19.6. The monoisotopic (exact) mass is 400 g/mol. The molecule has 1 atom stereocenters. The highest BCUT2D eigenvalue weighted by atomic mass is 32.2. The Morgan fingerprint density at radius 3 is 2.63 bits per heavy atom. The van der Waals surface area contributed by atoms with E-state index in [1.165, 1.54) is 17.3 Å². The number of thioether (sulfide) groups is 1. The minimum Gasteiger partial charge on any atom is -0.349 e. The van der Waals surface area contributed by atoms with E-state index in [0.29, 0.717) is 5.75 Å². The van der Waals surface area contributed by atoms with Gasteiger partial charge in [-0.1, -0.05) is 49.0 Å². The standard InChI is InChI=1S/C20H24N4OS2/c1-4-15-8-10-16(11-9-15)14(3)21-18(25)13-27-20-23-22-19(24(20)5-2)17-7-6-12-26-17/h6-12,14H,4-5,13H2,1-3H3,(H,21,25). The zero-order valence-corrected chi connectivity index (χ0v) is 17.4. The number of carbonyl (C=O) groups is 1. The van der Waals surface area contributed by atoms with Gasteiger partial charge in [0.25, 0.3) is 0 Å². The second kappa shape index (κ2) is 9.19. The number of rotatable bonds is 8. The second-order valence-corrected chi connectivity index (χ2v) is 8.09. The van der Waals surface area contributed by atoms with Crippen LogP contribution < -0.4 is 5.32 Å². The average molecular weight is 401 g/mol. The molecule has 3 rings (SSSR count). The summed E-state index contributed by atoms with van der Waals surface area (Å²) in [6.45, 7) is 6.97. The minimum atomic E-state index is -0.0188. The Labute approximate surface area is 168 Å². The summed E-state index contributed by atoms with van der Waals surface area (Å²) in [4.78, 5) is 13.5. The fraction of sp³-hybridized carbons (Fsp3) is 0.350. The summed E-state index contributed by atoms with van der Waals surface area (Å²) < 4.78 is 2.05. The van der Waals surface area contributed by atoms with Crippen LogP contribution in [-0.4, -0.2) is 26.4 Å². The zero-order valence-electron chi connectivity index (χ0n) is 15.8. The van der Waals surface area contributed by atoms with Gasteiger partial charge in [-0.05, 0) is 42.8 Å². The van der Waals surface area contributed by atoms with Gasteiger partial charge in [0.2, 0.25) is 5.91 Å². The SMILES string of the molecule is CCc1ccc(C(C)NC(=O)CSc2nnc(-c3cccs3)n2CC)cc1. The zero-order chi connectivity index (χ0) is 19.2. The third-order valence-electron chi connectivity index (χ3n) is 4.37. The third kappa shape index (κ3) is 4.78. The molecule has 0 aliphatic carbocycles. The Bertz CT molecular complexity index is 872. The predicted molar refractivity (Wildman–Crippen MR) is 112 cm³/mol. The maximum atomic E-state index is 12.4. The van der Waals surface area contributed by atoms with Crippen LogP contribution >= 0.6 is 23.1 Å². The summed E-state index contributed by atoms with van der Waals surface area (Å²) in [5.41, 5.74) is 2.41. The van der Waals surface area contributed by atoms with Crippen LogP contribution in [0.15, 0.2) is 46.9 Å². The molecule has 0 aliphatic heterocycles. The maximum Gasteiger partial charge on any atom is 0.230 e. The lowest BCUT2D eigenvalue weighted by atomic mass is 10.1. The van der Waals surface area contributed by atoms with Crippen molar-refractivity contribution in [2.75, 3.05) is 5.75 Å². The molecule has 5 nitrogen and oxygen atoms in total. The molecule has 1 N–H and O–H groups in total. The Balaban J connectivity index is 1.59. The van der Waals surface area contributed by atoms with E-state index < -0.39 is 0 Å². The number of amides is 1. The van der Waals surface area contributed by atoms with E-state index in [2.05, 4.69) is 58.2 Å². The number of nitrogens with one attached hydrogen (secondary N) is 1. The van der Waals surface area contributed by atoms with E-state index in [0.717, 1.165) is 34.4 Å². The minimum absolute atomic E-state index is 0.00426. The molecule has 1 amide bonds. The van der Waals surface area contributed by atoms with Gasteiger partial charge in [-0.25, -0.2) is 0 Å². The van der Waals surface area contributed by atoms with Crippen molar-refractivity contribution in [3.05, 3.63) is 52.9 Å². The lowest BCUT2D eigenvalue weighted by Gasteiger charge is -2.14. The molecule has 0 fully saturated rings. The van der Waals surface area contributed by atoms with Crippen molar-refractivity contribution in [2.24, 2.45) is 0 Å². The van der Waals surface area contributed by atoms with Crippen LogP contribution in [-0.2, 0) is 17.8 Å². The number of carbonyl (C=O) groups excluding carboxylic acids is 1. The molecule has 1 unspecified atom stereocenters. The predicted octanol–water partition coefficient (Wildman–Crippen LogP) is 4.56. The summed E-state index contributed by atoms with van der Waals surface area (Å²) in [5.74, 6) is 1.18.